The maximum Gasteiger partial charge on any atom is 0.323 e. The van der Waals surface area contributed by atoms with E-state index in [1.165, 1.54) is 34.1 Å². The number of anilines is 5. The van der Waals surface area contributed by atoms with E-state index in [4.69, 9.17) is 37.6 Å². The first-order valence-corrected chi connectivity index (χ1v) is 16.5. The van der Waals surface area contributed by atoms with Gasteiger partial charge in [-0.2, -0.15) is 0 Å². The Kier molecular flexibility index (Phi) is 8.97. The fourth-order valence-corrected chi connectivity index (χ4v) is 6.57. The van der Waals surface area contributed by atoms with Crippen molar-refractivity contribution in [2.24, 2.45) is 22.9 Å². The molecule has 1 aromatic heterocycles. The minimum absolute atomic E-state index is 0.132. The number of ether oxygens (including phenoxy) is 1. The third kappa shape index (κ3) is 6.82. The molecule has 3 heterocycles. The van der Waals surface area contributed by atoms with Gasteiger partial charge in [0.1, 0.15) is 5.82 Å². The lowest BCUT2D eigenvalue weighted by Crippen LogP contribution is -2.43. The minimum Gasteiger partial charge on any atom is -0.371 e. The zero-order valence-electron chi connectivity index (χ0n) is 27.9. The smallest absolute Gasteiger partial charge is 0.323 e. The fourth-order valence-electron chi connectivity index (χ4n) is 6.57. The monoisotopic (exact) mass is 697 g/mol. The van der Waals surface area contributed by atoms with Crippen LogP contribution >= 0.6 is 0 Å². The predicted octanol–water partition coefficient (Wildman–Crippen LogP) is 4.81. The fraction of sp³-hybridized carbons (Fsp3) is 0.158. The molecule has 2 saturated heterocycles. The van der Waals surface area contributed by atoms with Crippen LogP contribution in [0.4, 0.5) is 38.2 Å². The lowest BCUT2D eigenvalue weighted by molar-refractivity contribution is 0.0302. The molecule has 14 nitrogen and oxygen atoms in total. The van der Waals surface area contributed by atoms with Gasteiger partial charge in [-0.05, 0) is 97.8 Å². The lowest BCUT2D eigenvalue weighted by Gasteiger charge is -2.33. The van der Waals surface area contributed by atoms with Crippen LogP contribution in [0.2, 0.25) is 0 Å². The highest BCUT2D eigenvalue weighted by Crippen LogP contribution is 2.34. The number of primary amides is 4. The van der Waals surface area contributed by atoms with Crippen molar-refractivity contribution in [1.29, 1.82) is 0 Å². The summed E-state index contributed by atoms with van der Waals surface area (Å²) in [7, 11) is 0. The lowest BCUT2D eigenvalue weighted by atomic mass is 10.1. The van der Waals surface area contributed by atoms with Gasteiger partial charge in [0.2, 0.25) is 11.8 Å². The number of amides is 6. The first kappa shape index (κ1) is 33.7. The van der Waals surface area contributed by atoms with Crippen LogP contribution in [0.1, 0.15) is 33.6 Å². The number of benzene rings is 4. The van der Waals surface area contributed by atoms with Crippen LogP contribution in [-0.2, 0) is 4.74 Å². The van der Waals surface area contributed by atoms with Crippen molar-refractivity contribution < 1.29 is 23.9 Å². The van der Waals surface area contributed by atoms with Gasteiger partial charge in [-0.25, -0.2) is 19.6 Å². The standard InChI is InChI=1S/C38H35N9O5/c39-34(48)23-3-11-27(12-4-23)46(37(41)50)26-9-1-22(2-10-26)32-19-33(45-20-30-17-18-31(21-45)52-30)44-36(43-32)25-7-15-29(16-8-25)47(38(42)51)28-13-5-24(6-14-28)35(40)49/h1-16,19,30-31H,17-18,20-21H2,(H2,39,48)(H2,40,49)(H2,41,50)(H2,42,51). The number of carbonyl (C=O) groups excluding carboxylic acids is 4. The number of rotatable bonds is 9. The molecule has 2 aliphatic heterocycles. The van der Waals surface area contributed by atoms with Gasteiger partial charge in [0, 0.05) is 41.4 Å². The van der Waals surface area contributed by atoms with E-state index in [0.717, 1.165) is 24.2 Å². The molecule has 0 saturated carbocycles. The van der Waals surface area contributed by atoms with Crippen molar-refractivity contribution in [3.05, 3.63) is 114 Å². The Morgan fingerprint density at radius 1 is 0.577 bits per heavy atom. The molecule has 2 fully saturated rings. The molecule has 0 radical (unpaired) electrons. The third-order valence-electron chi connectivity index (χ3n) is 9.15. The minimum atomic E-state index is -0.705. The van der Waals surface area contributed by atoms with Gasteiger partial charge in [-0.15, -0.1) is 0 Å². The summed E-state index contributed by atoms with van der Waals surface area (Å²) in [6.45, 7) is 1.41. The number of fused-ring (bicyclic) bond motifs is 2. The Labute approximate surface area is 298 Å². The molecule has 262 valence electrons. The van der Waals surface area contributed by atoms with Crippen LogP contribution in [-0.4, -0.2) is 59.1 Å². The summed E-state index contributed by atoms with van der Waals surface area (Å²) in [6, 6.07) is 27.4. The Balaban J connectivity index is 1.22. The van der Waals surface area contributed by atoms with E-state index in [-0.39, 0.29) is 12.2 Å². The highest BCUT2D eigenvalue weighted by atomic mass is 16.5. The number of aromatic nitrogens is 2. The Morgan fingerprint density at radius 3 is 1.38 bits per heavy atom. The number of carbonyl (C=O) groups is 4. The predicted molar refractivity (Wildman–Crippen MR) is 196 cm³/mol. The number of hydrogen-bond donors (Lipinski definition) is 4. The Bertz CT molecular complexity index is 2010. The summed E-state index contributed by atoms with van der Waals surface area (Å²) >= 11 is 0. The molecule has 2 atom stereocenters. The molecule has 2 unspecified atom stereocenters. The second-order valence-electron chi connectivity index (χ2n) is 12.6. The van der Waals surface area contributed by atoms with Crippen molar-refractivity contribution in [2.75, 3.05) is 27.8 Å². The highest BCUT2D eigenvalue weighted by Gasteiger charge is 2.34. The zero-order valence-corrected chi connectivity index (χ0v) is 27.9. The molecule has 7 rings (SSSR count). The van der Waals surface area contributed by atoms with Gasteiger partial charge in [-0.1, -0.05) is 12.1 Å². The van der Waals surface area contributed by atoms with Crippen molar-refractivity contribution in [2.45, 2.75) is 25.0 Å². The van der Waals surface area contributed by atoms with Crippen LogP contribution in [0.25, 0.3) is 22.6 Å². The average molecular weight is 698 g/mol. The second kappa shape index (κ2) is 13.8. The van der Waals surface area contributed by atoms with E-state index in [9.17, 15) is 19.2 Å². The third-order valence-corrected chi connectivity index (χ3v) is 9.15. The topological polar surface area (TPSA) is 217 Å². The van der Waals surface area contributed by atoms with Crippen LogP contribution in [0.3, 0.4) is 0 Å². The van der Waals surface area contributed by atoms with Crippen molar-refractivity contribution in [3.8, 4) is 22.6 Å². The molecule has 0 aliphatic carbocycles. The zero-order chi connectivity index (χ0) is 36.5. The number of hydrogen-bond acceptors (Lipinski definition) is 8. The molecule has 4 aromatic carbocycles. The van der Waals surface area contributed by atoms with Gasteiger partial charge in [0.15, 0.2) is 5.82 Å². The highest BCUT2D eigenvalue weighted by molar-refractivity contribution is 6.01. The van der Waals surface area contributed by atoms with E-state index in [0.29, 0.717) is 64.0 Å². The largest absolute Gasteiger partial charge is 0.371 e. The molecule has 5 aromatic rings. The van der Waals surface area contributed by atoms with E-state index < -0.39 is 23.9 Å². The first-order valence-electron chi connectivity index (χ1n) is 16.5. The number of morpholine rings is 1. The normalized spacial score (nSPS) is 16.3. The first-order chi connectivity index (χ1) is 25.0. The second-order valence-corrected chi connectivity index (χ2v) is 12.6. The summed E-state index contributed by atoms with van der Waals surface area (Å²) in [6.07, 6.45) is 2.26. The molecule has 0 spiro atoms. The van der Waals surface area contributed by atoms with Gasteiger partial charge in [0.25, 0.3) is 0 Å². The summed E-state index contributed by atoms with van der Waals surface area (Å²) in [5.74, 6) is 0.0543. The summed E-state index contributed by atoms with van der Waals surface area (Å²) in [5, 5.41) is 0. The van der Waals surface area contributed by atoms with Gasteiger partial charge in [0.05, 0.1) is 40.7 Å². The van der Waals surface area contributed by atoms with Crippen molar-refractivity contribution in [1.82, 2.24) is 9.97 Å². The van der Waals surface area contributed by atoms with E-state index >= 15 is 0 Å². The summed E-state index contributed by atoms with van der Waals surface area (Å²) in [5.41, 5.74) is 27.0. The number of urea groups is 2. The molecule has 2 aliphatic rings. The molecule has 6 amide bonds. The maximum atomic E-state index is 12.5. The quantitative estimate of drug-likeness (QED) is 0.167. The van der Waals surface area contributed by atoms with Crippen LogP contribution in [0, 0.1) is 0 Å². The van der Waals surface area contributed by atoms with Gasteiger partial charge in [-0.3, -0.25) is 19.4 Å². The Hall–Kier alpha value is -6.80. The molecular weight excluding hydrogens is 662 g/mol. The Morgan fingerprint density at radius 2 is 0.981 bits per heavy atom. The molecule has 2 bridgehead atoms. The number of nitrogens with two attached hydrogens (primary N) is 4. The van der Waals surface area contributed by atoms with Gasteiger partial charge >= 0.3 is 12.1 Å². The van der Waals surface area contributed by atoms with Crippen molar-refractivity contribution in [3.63, 3.8) is 0 Å². The van der Waals surface area contributed by atoms with E-state index in [1.807, 2.05) is 30.3 Å². The summed E-state index contributed by atoms with van der Waals surface area (Å²) in [4.78, 5) is 63.0. The molecule has 52 heavy (non-hydrogen) atoms. The van der Waals surface area contributed by atoms with Crippen molar-refractivity contribution >= 4 is 52.4 Å². The number of nitrogens with zero attached hydrogens (tertiary/aromatic N) is 5. The molecular formula is C38H35N9O5. The summed E-state index contributed by atoms with van der Waals surface area (Å²) < 4.78 is 6.08. The van der Waals surface area contributed by atoms with E-state index in [1.54, 1.807) is 48.5 Å². The van der Waals surface area contributed by atoms with Gasteiger partial charge < -0.3 is 32.6 Å². The average Bonchev–Trinajstić information content (AvgIpc) is 3.49. The molecule has 8 N–H and O–H groups in total. The van der Waals surface area contributed by atoms with Crippen LogP contribution in [0.15, 0.2) is 103 Å². The SMILES string of the molecule is NC(=O)c1ccc(N(C(N)=O)c2ccc(-c3cc(N4CC5CCC(C4)O5)nc(-c4ccc(N(C(N)=O)c5ccc(C(N)=O)cc5)cc4)n3)cc2)cc1. The maximum absolute atomic E-state index is 12.5. The van der Waals surface area contributed by atoms with Crippen LogP contribution in [0.5, 0.6) is 0 Å². The van der Waals surface area contributed by atoms with Crippen LogP contribution < -0.4 is 37.6 Å². The van der Waals surface area contributed by atoms with E-state index in [2.05, 4.69) is 4.90 Å². The molecule has 14 heteroatoms.